The fraction of sp³-hybridized carbons (Fsp3) is 0.417. The van der Waals surface area contributed by atoms with Crippen LogP contribution in [0.25, 0.3) is 11.0 Å². The van der Waals surface area contributed by atoms with Gasteiger partial charge in [0.2, 0.25) is 5.95 Å². The first-order valence-electron chi connectivity index (χ1n) is 5.85. The van der Waals surface area contributed by atoms with Crippen LogP contribution in [0.1, 0.15) is 5.56 Å². The van der Waals surface area contributed by atoms with Crippen molar-refractivity contribution in [3.63, 3.8) is 0 Å². The lowest BCUT2D eigenvalue weighted by Crippen LogP contribution is -2.44. The van der Waals surface area contributed by atoms with E-state index in [1.54, 1.807) is 0 Å². The van der Waals surface area contributed by atoms with Crippen LogP contribution in [0, 0.1) is 6.92 Å². The number of imidazole rings is 1. The van der Waals surface area contributed by atoms with E-state index in [1.807, 2.05) is 0 Å². The van der Waals surface area contributed by atoms with Crippen molar-refractivity contribution >= 4 is 32.9 Å². The first kappa shape index (κ1) is 11.0. The van der Waals surface area contributed by atoms with E-state index in [9.17, 15) is 0 Å². The molecule has 0 saturated carbocycles. The van der Waals surface area contributed by atoms with Crippen LogP contribution in [0.4, 0.5) is 5.95 Å². The molecule has 2 N–H and O–H groups in total. The van der Waals surface area contributed by atoms with E-state index in [-0.39, 0.29) is 0 Å². The largest absolute Gasteiger partial charge is 0.340 e. The predicted molar refractivity (Wildman–Crippen MR) is 73.6 cm³/mol. The molecule has 0 unspecified atom stereocenters. The van der Waals surface area contributed by atoms with E-state index in [0.717, 1.165) is 47.6 Å². The molecule has 0 bridgehead atoms. The van der Waals surface area contributed by atoms with Gasteiger partial charge in [-0.25, -0.2) is 4.98 Å². The van der Waals surface area contributed by atoms with Gasteiger partial charge >= 0.3 is 0 Å². The van der Waals surface area contributed by atoms with Crippen molar-refractivity contribution < 1.29 is 0 Å². The van der Waals surface area contributed by atoms with Crippen LogP contribution >= 0.6 is 15.9 Å². The van der Waals surface area contributed by atoms with Crippen molar-refractivity contribution in [1.29, 1.82) is 0 Å². The number of hydrogen-bond acceptors (Lipinski definition) is 3. The molecule has 1 aliphatic rings. The zero-order valence-corrected chi connectivity index (χ0v) is 11.3. The Kier molecular flexibility index (Phi) is 2.80. The summed E-state index contributed by atoms with van der Waals surface area (Å²) < 4.78 is 1.06. The molecule has 1 aliphatic heterocycles. The molecule has 90 valence electrons. The van der Waals surface area contributed by atoms with Crippen molar-refractivity contribution in [3.05, 3.63) is 22.2 Å². The summed E-state index contributed by atoms with van der Waals surface area (Å²) in [7, 11) is 0. The summed E-state index contributed by atoms with van der Waals surface area (Å²) in [5, 5.41) is 3.35. The van der Waals surface area contributed by atoms with Gasteiger partial charge in [-0.3, -0.25) is 0 Å². The summed E-state index contributed by atoms with van der Waals surface area (Å²) >= 11 is 3.57. The van der Waals surface area contributed by atoms with Gasteiger partial charge in [-0.2, -0.15) is 0 Å². The van der Waals surface area contributed by atoms with Crippen molar-refractivity contribution in [2.45, 2.75) is 6.92 Å². The third-order valence-corrected chi connectivity index (χ3v) is 3.69. The lowest BCUT2D eigenvalue weighted by atomic mass is 10.2. The van der Waals surface area contributed by atoms with E-state index < -0.39 is 0 Å². The highest BCUT2D eigenvalue weighted by molar-refractivity contribution is 9.10. The van der Waals surface area contributed by atoms with Crippen LogP contribution in [0.3, 0.4) is 0 Å². The number of halogens is 1. The van der Waals surface area contributed by atoms with E-state index in [4.69, 9.17) is 0 Å². The third-order valence-electron chi connectivity index (χ3n) is 3.09. The van der Waals surface area contributed by atoms with Crippen molar-refractivity contribution in [1.82, 2.24) is 15.3 Å². The molecule has 1 aromatic carbocycles. The number of H-pyrrole nitrogens is 1. The maximum Gasteiger partial charge on any atom is 0.203 e. The molecule has 5 heteroatoms. The smallest absolute Gasteiger partial charge is 0.203 e. The van der Waals surface area contributed by atoms with Crippen molar-refractivity contribution in [2.24, 2.45) is 0 Å². The topological polar surface area (TPSA) is 44.0 Å². The summed E-state index contributed by atoms with van der Waals surface area (Å²) in [5.74, 6) is 0.979. The van der Waals surface area contributed by atoms with E-state index in [2.05, 4.69) is 55.2 Å². The Morgan fingerprint density at radius 2 is 2.06 bits per heavy atom. The highest BCUT2D eigenvalue weighted by Crippen LogP contribution is 2.26. The molecule has 2 heterocycles. The van der Waals surface area contributed by atoms with Crippen LogP contribution in [0.5, 0.6) is 0 Å². The Morgan fingerprint density at radius 1 is 1.29 bits per heavy atom. The van der Waals surface area contributed by atoms with Gasteiger partial charge in [0.05, 0.1) is 5.52 Å². The monoisotopic (exact) mass is 294 g/mol. The SMILES string of the molecule is Cc1cc(Br)c2nc(N3CCNCC3)[nH]c2c1. The van der Waals surface area contributed by atoms with Crippen LogP contribution in [-0.4, -0.2) is 36.1 Å². The fourth-order valence-electron chi connectivity index (χ4n) is 2.22. The van der Waals surface area contributed by atoms with Gasteiger partial charge < -0.3 is 15.2 Å². The minimum absolute atomic E-state index is 0.979. The Balaban J connectivity index is 2.03. The predicted octanol–water partition coefficient (Wildman–Crippen LogP) is 2.04. The summed E-state index contributed by atoms with van der Waals surface area (Å²) in [6, 6.07) is 4.24. The molecule has 17 heavy (non-hydrogen) atoms. The van der Waals surface area contributed by atoms with Crippen molar-refractivity contribution in [3.8, 4) is 0 Å². The van der Waals surface area contributed by atoms with Gasteiger partial charge in [0.1, 0.15) is 5.52 Å². The Morgan fingerprint density at radius 3 is 2.82 bits per heavy atom. The average Bonchev–Trinajstić information content (AvgIpc) is 2.74. The maximum atomic E-state index is 4.67. The van der Waals surface area contributed by atoms with Gasteiger partial charge in [0.15, 0.2) is 0 Å². The Bertz CT molecular complexity index is 543. The third kappa shape index (κ3) is 2.05. The summed E-state index contributed by atoms with van der Waals surface area (Å²) in [6.45, 7) is 6.16. The molecular formula is C12H15BrN4. The first-order valence-corrected chi connectivity index (χ1v) is 6.65. The van der Waals surface area contributed by atoms with E-state index >= 15 is 0 Å². The molecule has 1 aromatic heterocycles. The molecular weight excluding hydrogens is 280 g/mol. The summed E-state index contributed by atoms with van der Waals surface area (Å²) in [6.07, 6.45) is 0. The number of aromatic nitrogens is 2. The van der Waals surface area contributed by atoms with Gasteiger partial charge in [0.25, 0.3) is 0 Å². The number of aryl methyl sites for hydroxylation is 1. The van der Waals surface area contributed by atoms with Gasteiger partial charge in [-0.1, -0.05) is 0 Å². The second-order valence-corrected chi connectivity index (χ2v) is 5.29. The number of aromatic amines is 1. The Labute approximate surface area is 109 Å². The molecule has 1 fully saturated rings. The molecule has 0 aliphatic carbocycles. The van der Waals surface area contributed by atoms with Gasteiger partial charge in [0, 0.05) is 30.7 Å². The summed E-state index contributed by atoms with van der Waals surface area (Å²) in [5.41, 5.74) is 3.36. The lowest BCUT2D eigenvalue weighted by Gasteiger charge is -2.26. The fourth-order valence-corrected chi connectivity index (χ4v) is 2.89. The van der Waals surface area contributed by atoms with Gasteiger partial charge in [-0.15, -0.1) is 0 Å². The standard InChI is InChI=1S/C12H15BrN4/c1-8-6-9(13)11-10(7-8)15-12(16-11)17-4-2-14-3-5-17/h6-7,14H,2-5H2,1H3,(H,15,16). The van der Waals surface area contributed by atoms with Crippen LogP contribution in [0.15, 0.2) is 16.6 Å². The summed E-state index contributed by atoms with van der Waals surface area (Å²) in [4.78, 5) is 10.4. The molecule has 0 spiro atoms. The number of nitrogens with zero attached hydrogens (tertiary/aromatic N) is 2. The first-order chi connectivity index (χ1) is 8.24. The van der Waals surface area contributed by atoms with E-state index in [0.29, 0.717) is 0 Å². The molecule has 2 aromatic rings. The van der Waals surface area contributed by atoms with Crippen molar-refractivity contribution in [2.75, 3.05) is 31.1 Å². The highest BCUT2D eigenvalue weighted by Gasteiger charge is 2.15. The quantitative estimate of drug-likeness (QED) is 0.846. The van der Waals surface area contributed by atoms with Crippen LogP contribution in [0.2, 0.25) is 0 Å². The highest BCUT2D eigenvalue weighted by atomic mass is 79.9. The minimum Gasteiger partial charge on any atom is -0.340 e. The normalized spacial score (nSPS) is 16.7. The minimum atomic E-state index is 0.979. The van der Waals surface area contributed by atoms with Gasteiger partial charge in [-0.05, 0) is 40.5 Å². The Hall–Kier alpha value is -1.07. The molecule has 4 nitrogen and oxygen atoms in total. The number of hydrogen-bond donors (Lipinski definition) is 2. The second kappa shape index (κ2) is 4.31. The number of benzene rings is 1. The number of nitrogens with one attached hydrogen (secondary N) is 2. The lowest BCUT2D eigenvalue weighted by molar-refractivity contribution is 0.582. The average molecular weight is 295 g/mol. The second-order valence-electron chi connectivity index (χ2n) is 4.44. The number of rotatable bonds is 1. The molecule has 3 rings (SSSR count). The van der Waals surface area contributed by atoms with E-state index in [1.165, 1.54) is 5.56 Å². The number of piperazine rings is 1. The molecule has 0 radical (unpaired) electrons. The zero-order chi connectivity index (χ0) is 11.8. The zero-order valence-electron chi connectivity index (χ0n) is 9.76. The molecule has 1 saturated heterocycles. The number of anilines is 1. The van der Waals surface area contributed by atoms with Crippen LogP contribution < -0.4 is 10.2 Å². The number of fused-ring (bicyclic) bond motifs is 1. The molecule has 0 amide bonds. The maximum absolute atomic E-state index is 4.67. The van der Waals surface area contributed by atoms with Crippen LogP contribution in [-0.2, 0) is 0 Å². The molecule has 0 atom stereocenters.